The zero-order chi connectivity index (χ0) is 13.1. The average Bonchev–Trinajstić information content (AvgIpc) is 2.43. The van der Waals surface area contributed by atoms with Crippen molar-refractivity contribution in [2.45, 2.75) is 51.6 Å². The molecule has 0 bridgehead atoms. The van der Waals surface area contributed by atoms with E-state index in [2.05, 4.69) is 12.4 Å². The molecule has 1 rings (SSSR count). The summed E-state index contributed by atoms with van der Waals surface area (Å²) in [7, 11) is 0. The highest BCUT2D eigenvalue weighted by atomic mass is 16.7. The van der Waals surface area contributed by atoms with Gasteiger partial charge < -0.3 is 4.79 Å². The second kappa shape index (κ2) is 9.66. The van der Waals surface area contributed by atoms with Crippen molar-refractivity contribution in [3.63, 3.8) is 0 Å². The molecule has 0 saturated heterocycles. The first-order chi connectivity index (χ1) is 8.86. The van der Waals surface area contributed by atoms with Gasteiger partial charge in [0.15, 0.2) is 6.29 Å². The van der Waals surface area contributed by atoms with Crippen molar-refractivity contribution >= 4 is 12.0 Å². The van der Waals surface area contributed by atoms with Crippen LogP contribution < -0.4 is 5.48 Å². The van der Waals surface area contributed by atoms with Crippen molar-refractivity contribution in [3.8, 4) is 0 Å². The molecule has 0 amide bonds. The van der Waals surface area contributed by atoms with Gasteiger partial charge in [-0.1, -0.05) is 57.2 Å². The molecule has 0 heterocycles. The number of rotatable bonds is 10. The van der Waals surface area contributed by atoms with Gasteiger partial charge in [-0.15, -0.1) is 0 Å². The van der Waals surface area contributed by atoms with E-state index < -0.39 is 0 Å². The van der Waals surface area contributed by atoms with Gasteiger partial charge in [0, 0.05) is 0 Å². The summed E-state index contributed by atoms with van der Waals surface area (Å²) in [5.41, 5.74) is 3.69. The van der Waals surface area contributed by atoms with Gasteiger partial charge in [-0.3, -0.25) is 10.3 Å². The summed E-state index contributed by atoms with van der Waals surface area (Å²) < 4.78 is 0. The molecule has 0 fully saturated rings. The van der Waals surface area contributed by atoms with Crippen LogP contribution in [0.25, 0.3) is 0 Å². The second-order valence-corrected chi connectivity index (χ2v) is 4.46. The SMILES string of the molecule is CCCCCCCC(C=O)ONc1ccccc1. The summed E-state index contributed by atoms with van der Waals surface area (Å²) in [5.74, 6) is 0. The third-order valence-corrected chi connectivity index (χ3v) is 2.85. The number of unbranched alkanes of at least 4 members (excludes halogenated alkanes) is 4. The van der Waals surface area contributed by atoms with E-state index in [1.807, 2.05) is 30.3 Å². The Balaban J connectivity index is 2.15. The Bertz CT molecular complexity index is 314. The lowest BCUT2D eigenvalue weighted by Gasteiger charge is -2.12. The van der Waals surface area contributed by atoms with E-state index in [9.17, 15) is 4.79 Å². The van der Waals surface area contributed by atoms with E-state index in [4.69, 9.17) is 4.84 Å². The molecule has 1 unspecified atom stereocenters. The molecule has 0 saturated carbocycles. The van der Waals surface area contributed by atoms with E-state index >= 15 is 0 Å². The number of hydrogen-bond acceptors (Lipinski definition) is 3. The summed E-state index contributed by atoms with van der Waals surface area (Å²) in [6.07, 6.45) is 7.27. The molecule has 0 aliphatic heterocycles. The van der Waals surface area contributed by atoms with Crippen LogP contribution in [0, 0.1) is 0 Å². The smallest absolute Gasteiger partial charge is 0.151 e. The van der Waals surface area contributed by atoms with E-state index in [0.717, 1.165) is 24.8 Å². The predicted octanol–water partition coefficient (Wildman–Crippen LogP) is 3.96. The fraction of sp³-hybridized carbons (Fsp3) is 0.533. The zero-order valence-electron chi connectivity index (χ0n) is 11.1. The van der Waals surface area contributed by atoms with Crippen molar-refractivity contribution in [3.05, 3.63) is 30.3 Å². The van der Waals surface area contributed by atoms with Crippen molar-refractivity contribution in [2.75, 3.05) is 5.48 Å². The molecule has 1 aromatic rings. The van der Waals surface area contributed by atoms with E-state index in [0.29, 0.717) is 0 Å². The van der Waals surface area contributed by atoms with Crippen LogP contribution in [0.1, 0.15) is 45.4 Å². The summed E-state index contributed by atoms with van der Waals surface area (Å²) in [4.78, 5) is 16.2. The number of hydrogen-bond donors (Lipinski definition) is 1. The van der Waals surface area contributed by atoms with Crippen LogP contribution in [0.3, 0.4) is 0 Å². The summed E-state index contributed by atoms with van der Waals surface area (Å²) in [6, 6.07) is 9.60. The Labute approximate surface area is 109 Å². The van der Waals surface area contributed by atoms with Gasteiger partial charge >= 0.3 is 0 Å². The maximum absolute atomic E-state index is 10.9. The molecule has 3 nitrogen and oxygen atoms in total. The third-order valence-electron chi connectivity index (χ3n) is 2.85. The Morgan fingerprint density at radius 1 is 1.17 bits per heavy atom. The van der Waals surface area contributed by atoms with Gasteiger partial charge in [-0.25, -0.2) is 0 Å². The standard InChI is InChI=1S/C15H23NO2/c1-2-3-4-5-9-12-15(13-17)18-16-14-10-7-6-8-11-14/h6-8,10-11,13,15-16H,2-5,9,12H2,1H3. The average molecular weight is 249 g/mol. The van der Waals surface area contributed by atoms with Crippen molar-refractivity contribution in [1.82, 2.24) is 0 Å². The molecule has 0 aliphatic carbocycles. The Morgan fingerprint density at radius 2 is 1.89 bits per heavy atom. The van der Waals surface area contributed by atoms with Gasteiger partial charge in [-0.2, -0.15) is 0 Å². The number of nitrogens with one attached hydrogen (secondary N) is 1. The Kier molecular flexibility index (Phi) is 7.89. The van der Waals surface area contributed by atoms with Gasteiger partial charge in [-0.05, 0) is 18.6 Å². The Hall–Kier alpha value is -1.35. The zero-order valence-corrected chi connectivity index (χ0v) is 11.1. The van der Waals surface area contributed by atoms with E-state index in [1.54, 1.807) is 0 Å². The van der Waals surface area contributed by atoms with Gasteiger partial charge in [0.05, 0.1) is 5.69 Å². The molecule has 1 atom stereocenters. The van der Waals surface area contributed by atoms with Gasteiger partial charge in [0.25, 0.3) is 0 Å². The molecule has 0 aliphatic rings. The highest BCUT2D eigenvalue weighted by molar-refractivity contribution is 5.56. The lowest BCUT2D eigenvalue weighted by molar-refractivity contribution is -0.116. The highest BCUT2D eigenvalue weighted by Crippen LogP contribution is 2.10. The molecule has 3 heteroatoms. The quantitative estimate of drug-likeness (QED) is 0.387. The lowest BCUT2D eigenvalue weighted by Crippen LogP contribution is -2.18. The van der Waals surface area contributed by atoms with E-state index in [1.165, 1.54) is 25.7 Å². The first-order valence-corrected chi connectivity index (χ1v) is 6.78. The van der Waals surface area contributed by atoms with Crippen molar-refractivity contribution in [1.29, 1.82) is 0 Å². The van der Waals surface area contributed by atoms with Crippen LogP contribution in [0.2, 0.25) is 0 Å². The largest absolute Gasteiger partial charge is 0.300 e. The normalized spacial score (nSPS) is 12.1. The lowest BCUT2D eigenvalue weighted by atomic mass is 10.1. The minimum Gasteiger partial charge on any atom is -0.300 e. The van der Waals surface area contributed by atoms with Crippen LogP contribution in [-0.4, -0.2) is 12.4 Å². The number of benzene rings is 1. The van der Waals surface area contributed by atoms with Crippen LogP contribution in [0.4, 0.5) is 5.69 Å². The third kappa shape index (κ3) is 6.40. The maximum Gasteiger partial charge on any atom is 0.151 e. The van der Waals surface area contributed by atoms with Crippen LogP contribution in [0.15, 0.2) is 30.3 Å². The number of aldehydes is 1. The molecule has 1 N–H and O–H groups in total. The fourth-order valence-electron chi connectivity index (χ4n) is 1.75. The molecular formula is C15H23NO2. The number of carbonyl (C=O) groups is 1. The van der Waals surface area contributed by atoms with Crippen LogP contribution in [-0.2, 0) is 9.63 Å². The molecule has 0 spiro atoms. The molecule has 0 aromatic heterocycles. The second-order valence-electron chi connectivity index (χ2n) is 4.46. The number of para-hydroxylation sites is 1. The van der Waals surface area contributed by atoms with Crippen molar-refractivity contribution in [2.24, 2.45) is 0 Å². The number of carbonyl (C=O) groups excluding carboxylic acids is 1. The fourth-order valence-corrected chi connectivity index (χ4v) is 1.75. The molecule has 18 heavy (non-hydrogen) atoms. The van der Waals surface area contributed by atoms with E-state index in [-0.39, 0.29) is 6.10 Å². The van der Waals surface area contributed by atoms with Crippen LogP contribution in [0.5, 0.6) is 0 Å². The first kappa shape index (κ1) is 14.7. The molecule has 100 valence electrons. The number of anilines is 1. The van der Waals surface area contributed by atoms with Gasteiger partial charge in [0.1, 0.15) is 6.10 Å². The summed E-state index contributed by atoms with van der Waals surface area (Å²) >= 11 is 0. The maximum atomic E-state index is 10.9. The highest BCUT2D eigenvalue weighted by Gasteiger charge is 2.07. The molecule has 0 radical (unpaired) electrons. The minimum absolute atomic E-state index is 0.355. The molecular weight excluding hydrogens is 226 g/mol. The van der Waals surface area contributed by atoms with Gasteiger partial charge in [0.2, 0.25) is 0 Å². The monoisotopic (exact) mass is 249 g/mol. The first-order valence-electron chi connectivity index (χ1n) is 6.78. The predicted molar refractivity (Wildman–Crippen MR) is 74.4 cm³/mol. The van der Waals surface area contributed by atoms with Crippen LogP contribution >= 0.6 is 0 Å². The molecule has 1 aromatic carbocycles. The Morgan fingerprint density at radius 3 is 2.56 bits per heavy atom. The topological polar surface area (TPSA) is 38.3 Å². The minimum atomic E-state index is -0.355. The summed E-state index contributed by atoms with van der Waals surface area (Å²) in [5, 5.41) is 0. The summed E-state index contributed by atoms with van der Waals surface area (Å²) in [6.45, 7) is 2.20. The van der Waals surface area contributed by atoms with Crippen molar-refractivity contribution < 1.29 is 9.63 Å².